The summed E-state index contributed by atoms with van der Waals surface area (Å²) in [6, 6.07) is 36.5. The Morgan fingerprint density at radius 3 is 1.21 bits per heavy atom. The van der Waals surface area contributed by atoms with Crippen LogP contribution in [0.2, 0.25) is 0 Å². The third-order valence-electron chi connectivity index (χ3n) is 8.88. The number of carbonyl (C=O) groups excluding carboxylic acids is 4. The smallest absolute Gasteiger partial charge is 0.331 e. The Morgan fingerprint density at radius 1 is 0.525 bits per heavy atom. The highest BCUT2D eigenvalue weighted by Crippen LogP contribution is 2.28. The van der Waals surface area contributed by atoms with Gasteiger partial charge in [-0.15, -0.1) is 0 Å². The van der Waals surface area contributed by atoms with Crippen molar-refractivity contribution in [1.29, 1.82) is 0 Å². The van der Waals surface area contributed by atoms with Crippen LogP contribution in [0, 0.1) is 0 Å². The number of ether oxygens (including phenoxy) is 7. The second-order valence-electron chi connectivity index (χ2n) is 13.3. The van der Waals surface area contributed by atoms with E-state index in [1.54, 1.807) is 42.5 Å². The first-order valence-electron chi connectivity index (χ1n) is 19.1. The topological polar surface area (TPSA) is 153 Å². The second-order valence-corrected chi connectivity index (χ2v) is 13.3. The van der Waals surface area contributed by atoms with Crippen molar-refractivity contribution in [2.45, 2.75) is 49.3 Å². The van der Waals surface area contributed by atoms with E-state index in [-0.39, 0.29) is 13.2 Å². The molecule has 6 rings (SSSR count). The Morgan fingerprint density at radius 2 is 0.852 bits per heavy atom. The molecule has 0 aromatic heterocycles. The summed E-state index contributed by atoms with van der Waals surface area (Å²) in [5, 5.41) is 9.62. The van der Waals surface area contributed by atoms with Crippen LogP contribution in [0.15, 0.2) is 146 Å². The van der Waals surface area contributed by atoms with E-state index in [0.29, 0.717) is 0 Å². The Hall–Kier alpha value is -6.58. The minimum Gasteiger partial charge on any atom is -0.460 e. The highest BCUT2D eigenvalue weighted by Gasteiger charge is 2.49. The molecule has 14 heteroatoms. The summed E-state index contributed by atoms with van der Waals surface area (Å²) >= 11 is 0. The number of carbonyl (C=O) groups is 4. The van der Waals surface area contributed by atoms with Gasteiger partial charge in [-0.05, 0) is 46.6 Å². The maximum atomic E-state index is 14.6. The molecule has 0 bridgehead atoms. The van der Waals surface area contributed by atoms with Crippen LogP contribution in [0.25, 0.3) is 24.3 Å². The summed E-state index contributed by atoms with van der Waals surface area (Å²) in [5.41, 5.74) is 3.20. The van der Waals surface area contributed by atoms with Gasteiger partial charge in [-0.1, -0.05) is 121 Å². The summed E-state index contributed by atoms with van der Waals surface area (Å²) in [6.45, 7) is -0.672. The lowest BCUT2D eigenvalue weighted by Gasteiger charge is -2.18. The summed E-state index contributed by atoms with van der Waals surface area (Å²) in [4.78, 5) is 48.1. The molecule has 0 saturated carbocycles. The summed E-state index contributed by atoms with van der Waals surface area (Å²) in [6.07, 6.45) is -0.402. The summed E-state index contributed by atoms with van der Waals surface area (Å²) in [7, 11) is 1.28. The molecule has 2 unspecified atom stereocenters. The first-order chi connectivity index (χ1) is 29.6. The number of esters is 4. The van der Waals surface area contributed by atoms with Crippen LogP contribution < -0.4 is 0 Å². The molecule has 61 heavy (non-hydrogen) atoms. The van der Waals surface area contributed by atoms with Crippen LogP contribution in [0.1, 0.15) is 22.3 Å². The normalized spacial score (nSPS) is 23.5. The van der Waals surface area contributed by atoms with Gasteiger partial charge in [0, 0.05) is 31.4 Å². The number of aliphatic hydroxyl groups is 1. The van der Waals surface area contributed by atoms with Gasteiger partial charge in [-0.2, -0.15) is 0 Å². The van der Waals surface area contributed by atoms with E-state index in [4.69, 9.17) is 33.2 Å². The van der Waals surface area contributed by atoms with Crippen LogP contribution in [-0.2, 0) is 52.3 Å². The van der Waals surface area contributed by atoms with Crippen molar-refractivity contribution in [3.05, 3.63) is 168 Å². The lowest BCUT2D eigenvalue weighted by atomic mass is 10.1. The zero-order valence-electron chi connectivity index (χ0n) is 32.9. The minimum atomic E-state index is -1.96. The van der Waals surface area contributed by atoms with Gasteiger partial charge in [0.25, 0.3) is 0 Å². The maximum Gasteiger partial charge on any atom is 0.331 e. The third kappa shape index (κ3) is 14.9. The zero-order chi connectivity index (χ0) is 43.4. The number of halogens is 2. The van der Waals surface area contributed by atoms with E-state index in [1.807, 2.05) is 97.1 Å². The molecule has 0 amide bonds. The molecular formula is C47H44F2O12. The molecule has 0 spiro atoms. The lowest BCUT2D eigenvalue weighted by Crippen LogP contribution is -2.37. The largest absolute Gasteiger partial charge is 0.460 e. The monoisotopic (exact) mass is 838 g/mol. The fourth-order valence-corrected chi connectivity index (χ4v) is 5.80. The van der Waals surface area contributed by atoms with Gasteiger partial charge in [-0.3, -0.25) is 0 Å². The van der Waals surface area contributed by atoms with Crippen molar-refractivity contribution in [2.24, 2.45) is 0 Å². The number of hydrogen-bond acceptors (Lipinski definition) is 12. The molecule has 0 radical (unpaired) electrons. The molecule has 1 N–H and O–H groups in total. The van der Waals surface area contributed by atoms with E-state index in [0.717, 1.165) is 28.3 Å². The van der Waals surface area contributed by atoms with Gasteiger partial charge in [0.2, 0.25) is 0 Å². The third-order valence-corrected chi connectivity index (χ3v) is 8.88. The summed E-state index contributed by atoms with van der Waals surface area (Å²) in [5.74, 6) is -2.84. The standard InChI is InChI=1S/C24H23FO6.C23H21FO6/c1-28-24-22(25)23(31-21(27)15-13-18-10-6-3-7-11-18)19(30-24)16-29-20(26)14-12-17-8-4-2-5-9-17;24-21-22(30-20(26)14-12-17-9-5-2-6-10-17)18(29-23(21)27)15-28-19(25)13-11-16-7-3-1-4-8-16/h2-15,19,22-24H,16H2,1H3;1-14,18,21-23,27H,15H2/b14-12+,15-13+;13-11+,14-12+/t19-,22+,23-,24?;18-,21+,22-,23?/m11/s1. The van der Waals surface area contributed by atoms with Gasteiger partial charge >= 0.3 is 23.9 Å². The van der Waals surface area contributed by atoms with E-state index in [1.165, 1.54) is 31.4 Å². The van der Waals surface area contributed by atoms with Crippen LogP contribution in [-0.4, -0.2) is 98.6 Å². The fourth-order valence-electron chi connectivity index (χ4n) is 5.80. The number of hydrogen-bond donors (Lipinski definition) is 1. The molecule has 2 fully saturated rings. The number of methoxy groups -OCH3 is 1. The van der Waals surface area contributed by atoms with Gasteiger partial charge in [0.05, 0.1) is 0 Å². The number of benzene rings is 4. The number of aliphatic hydroxyl groups excluding tert-OH is 1. The molecule has 318 valence electrons. The van der Waals surface area contributed by atoms with Crippen LogP contribution in [0.5, 0.6) is 0 Å². The molecule has 8 atom stereocenters. The Bertz CT molecular complexity index is 2110. The van der Waals surface area contributed by atoms with Gasteiger partial charge < -0.3 is 38.3 Å². The molecular weight excluding hydrogens is 795 g/mol. The molecule has 4 aromatic carbocycles. The molecule has 12 nitrogen and oxygen atoms in total. The average molecular weight is 839 g/mol. The van der Waals surface area contributed by atoms with Crippen molar-refractivity contribution >= 4 is 48.2 Å². The fraction of sp³-hybridized carbons (Fsp3) is 0.234. The molecule has 2 aliphatic rings. The Balaban J connectivity index is 0.000000231. The van der Waals surface area contributed by atoms with Crippen LogP contribution in [0.4, 0.5) is 8.78 Å². The maximum absolute atomic E-state index is 14.6. The average Bonchev–Trinajstić information content (AvgIpc) is 3.74. The minimum absolute atomic E-state index is 0.293. The number of alkyl halides is 2. The highest BCUT2D eigenvalue weighted by molar-refractivity contribution is 5.89. The molecule has 2 saturated heterocycles. The molecule has 2 aliphatic heterocycles. The SMILES string of the molecule is COC1O[C@H](COC(=O)/C=C/c2ccccc2)[C@@H](OC(=O)/C=C/c2ccccc2)[C@@H]1F.O=C(/C=C/c1ccccc1)OC[C@H]1OC(O)[C@@H](F)[C@@H]1OC(=O)/C=C/c1ccccc1. The van der Waals surface area contributed by atoms with Gasteiger partial charge in [-0.25, -0.2) is 28.0 Å². The van der Waals surface area contributed by atoms with Crippen molar-refractivity contribution in [3.8, 4) is 0 Å². The number of rotatable bonds is 15. The quantitative estimate of drug-likeness (QED) is 0.0790. The lowest BCUT2D eigenvalue weighted by molar-refractivity contribution is -0.160. The van der Waals surface area contributed by atoms with Crippen LogP contribution in [0.3, 0.4) is 0 Å². The second kappa shape index (κ2) is 23.9. The van der Waals surface area contributed by atoms with Crippen LogP contribution >= 0.6 is 0 Å². The molecule has 4 aromatic rings. The van der Waals surface area contributed by atoms with Gasteiger partial charge in [0.15, 0.2) is 37.1 Å². The van der Waals surface area contributed by atoms with E-state index in [2.05, 4.69) is 0 Å². The van der Waals surface area contributed by atoms with Crippen molar-refractivity contribution in [1.82, 2.24) is 0 Å². The zero-order valence-corrected chi connectivity index (χ0v) is 32.9. The van der Waals surface area contributed by atoms with E-state index >= 15 is 0 Å². The van der Waals surface area contributed by atoms with E-state index in [9.17, 15) is 33.1 Å². The van der Waals surface area contributed by atoms with E-state index < -0.39 is 73.2 Å². The van der Waals surface area contributed by atoms with Crippen molar-refractivity contribution in [2.75, 3.05) is 20.3 Å². The molecule has 2 heterocycles. The summed E-state index contributed by atoms with van der Waals surface area (Å²) < 4.78 is 64.8. The highest BCUT2D eigenvalue weighted by atomic mass is 19.1. The van der Waals surface area contributed by atoms with Gasteiger partial charge in [0.1, 0.15) is 25.4 Å². The predicted octanol–water partition coefficient (Wildman–Crippen LogP) is 6.50. The van der Waals surface area contributed by atoms with Crippen molar-refractivity contribution in [3.63, 3.8) is 0 Å². The molecule has 0 aliphatic carbocycles. The Labute approximate surface area is 351 Å². The first-order valence-corrected chi connectivity index (χ1v) is 19.1. The Kier molecular flexibility index (Phi) is 17.8. The predicted molar refractivity (Wildman–Crippen MR) is 220 cm³/mol. The van der Waals surface area contributed by atoms with Crippen molar-refractivity contribution < 1.29 is 66.2 Å². The first kappa shape index (κ1) is 45.5.